The van der Waals surface area contributed by atoms with Crippen molar-refractivity contribution in [3.63, 3.8) is 0 Å². The van der Waals surface area contributed by atoms with Crippen LogP contribution in [0.1, 0.15) is 42.6 Å². The summed E-state index contributed by atoms with van der Waals surface area (Å²) in [6, 6.07) is 5.27. The van der Waals surface area contributed by atoms with Crippen molar-refractivity contribution in [1.29, 1.82) is 0 Å². The number of carbonyl (C=O) groups excluding carboxylic acids is 1. The molecule has 2 N–H and O–H groups in total. The Kier molecular flexibility index (Phi) is 5.11. The van der Waals surface area contributed by atoms with Crippen LogP contribution in [0.15, 0.2) is 22.7 Å². The van der Waals surface area contributed by atoms with Gasteiger partial charge in [0, 0.05) is 10.0 Å². The molecule has 0 saturated heterocycles. The summed E-state index contributed by atoms with van der Waals surface area (Å²) in [5, 5.41) is 11.9. The summed E-state index contributed by atoms with van der Waals surface area (Å²) in [6.45, 7) is 5.24. The molecular weight excluding hydrogens is 310 g/mol. The SMILES string of the molecule is CCCC(C)(NC(=O)c1ccc(Br)cc1C)C(=O)O. The molecule has 1 atom stereocenters. The standard InChI is InChI=1S/C14H18BrNO3/c1-4-7-14(3,13(18)19)16-12(17)11-6-5-10(15)8-9(11)2/h5-6,8H,4,7H2,1-3H3,(H,16,17)(H,18,19). The zero-order chi connectivity index (χ0) is 14.6. The van der Waals surface area contributed by atoms with Gasteiger partial charge >= 0.3 is 5.97 Å². The van der Waals surface area contributed by atoms with Crippen molar-refractivity contribution in [2.75, 3.05) is 0 Å². The highest BCUT2D eigenvalue weighted by molar-refractivity contribution is 9.10. The van der Waals surface area contributed by atoms with Gasteiger partial charge in [0.1, 0.15) is 5.54 Å². The first-order valence-electron chi connectivity index (χ1n) is 6.12. The molecule has 0 bridgehead atoms. The van der Waals surface area contributed by atoms with Gasteiger partial charge in [-0.05, 0) is 44.0 Å². The Hall–Kier alpha value is -1.36. The predicted octanol–water partition coefficient (Wildman–Crippen LogP) is 3.13. The van der Waals surface area contributed by atoms with Crippen LogP contribution in [0.4, 0.5) is 0 Å². The van der Waals surface area contributed by atoms with Gasteiger partial charge in [0.25, 0.3) is 5.91 Å². The first-order chi connectivity index (χ1) is 8.80. The van der Waals surface area contributed by atoms with E-state index in [1.165, 1.54) is 6.92 Å². The van der Waals surface area contributed by atoms with E-state index in [4.69, 9.17) is 0 Å². The quantitative estimate of drug-likeness (QED) is 0.873. The van der Waals surface area contributed by atoms with E-state index in [1.54, 1.807) is 12.1 Å². The van der Waals surface area contributed by atoms with E-state index < -0.39 is 11.5 Å². The zero-order valence-corrected chi connectivity index (χ0v) is 12.9. The van der Waals surface area contributed by atoms with Gasteiger partial charge in [-0.25, -0.2) is 4.79 Å². The largest absolute Gasteiger partial charge is 0.480 e. The lowest BCUT2D eigenvalue weighted by atomic mass is 9.95. The molecule has 1 aromatic carbocycles. The number of nitrogens with one attached hydrogen (secondary N) is 1. The molecule has 0 radical (unpaired) electrons. The maximum Gasteiger partial charge on any atom is 0.329 e. The van der Waals surface area contributed by atoms with Crippen molar-refractivity contribution in [3.05, 3.63) is 33.8 Å². The lowest BCUT2D eigenvalue weighted by molar-refractivity contribution is -0.144. The molecule has 0 aliphatic heterocycles. The van der Waals surface area contributed by atoms with Gasteiger partial charge in [0.15, 0.2) is 0 Å². The van der Waals surface area contributed by atoms with Gasteiger partial charge in [-0.2, -0.15) is 0 Å². The first kappa shape index (κ1) is 15.7. The normalized spacial score (nSPS) is 13.7. The molecule has 0 spiro atoms. The fraction of sp³-hybridized carbons (Fsp3) is 0.429. The Morgan fingerprint density at radius 2 is 2.05 bits per heavy atom. The summed E-state index contributed by atoms with van der Waals surface area (Å²) in [7, 11) is 0. The number of aliphatic carboxylic acids is 1. The summed E-state index contributed by atoms with van der Waals surface area (Å²) in [4.78, 5) is 23.5. The van der Waals surface area contributed by atoms with Crippen LogP contribution in [0.2, 0.25) is 0 Å². The van der Waals surface area contributed by atoms with Crippen molar-refractivity contribution >= 4 is 27.8 Å². The fourth-order valence-electron chi connectivity index (χ4n) is 1.92. The van der Waals surface area contributed by atoms with E-state index in [0.717, 1.165) is 10.0 Å². The third-order valence-electron chi connectivity index (χ3n) is 3.04. The molecule has 5 heteroatoms. The van der Waals surface area contributed by atoms with Gasteiger partial charge in [-0.3, -0.25) is 4.79 Å². The molecule has 0 aliphatic carbocycles. The summed E-state index contributed by atoms with van der Waals surface area (Å²) < 4.78 is 0.885. The third-order valence-corrected chi connectivity index (χ3v) is 3.54. The Balaban J connectivity index is 2.97. The molecule has 0 fully saturated rings. The Morgan fingerprint density at radius 1 is 1.42 bits per heavy atom. The minimum atomic E-state index is -1.23. The number of amides is 1. The second-order valence-electron chi connectivity index (χ2n) is 4.80. The summed E-state index contributed by atoms with van der Waals surface area (Å²) in [6.07, 6.45) is 1.08. The van der Waals surface area contributed by atoms with E-state index in [9.17, 15) is 14.7 Å². The Labute approximate surface area is 121 Å². The fourth-order valence-corrected chi connectivity index (χ4v) is 2.40. The van der Waals surface area contributed by atoms with E-state index in [1.807, 2.05) is 19.9 Å². The minimum absolute atomic E-state index is 0.358. The first-order valence-corrected chi connectivity index (χ1v) is 6.91. The monoisotopic (exact) mass is 327 g/mol. The molecule has 0 aromatic heterocycles. The van der Waals surface area contributed by atoms with Gasteiger partial charge in [0.05, 0.1) is 0 Å². The van der Waals surface area contributed by atoms with Crippen molar-refractivity contribution in [2.24, 2.45) is 0 Å². The molecule has 1 rings (SSSR count). The topological polar surface area (TPSA) is 66.4 Å². The van der Waals surface area contributed by atoms with Crippen molar-refractivity contribution < 1.29 is 14.7 Å². The molecule has 19 heavy (non-hydrogen) atoms. The zero-order valence-electron chi connectivity index (χ0n) is 11.3. The number of aryl methyl sites for hydroxylation is 1. The number of hydrogen-bond acceptors (Lipinski definition) is 2. The average Bonchev–Trinajstić information content (AvgIpc) is 2.28. The Bertz CT molecular complexity index is 501. The molecule has 4 nitrogen and oxygen atoms in total. The van der Waals surface area contributed by atoms with Crippen LogP contribution >= 0.6 is 15.9 Å². The molecule has 1 aromatic rings. The van der Waals surface area contributed by atoms with Gasteiger partial charge in [-0.1, -0.05) is 29.3 Å². The number of benzene rings is 1. The lowest BCUT2D eigenvalue weighted by Gasteiger charge is -2.26. The van der Waals surface area contributed by atoms with Gasteiger partial charge < -0.3 is 10.4 Å². The van der Waals surface area contributed by atoms with Crippen molar-refractivity contribution in [2.45, 2.75) is 39.2 Å². The number of hydrogen-bond donors (Lipinski definition) is 2. The molecular formula is C14H18BrNO3. The molecule has 104 valence electrons. The van der Waals surface area contributed by atoms with E-state index in [-0.39, 0.29) is 5.91 Å². The van der Waals surface area contributed by atoms with Crippen molar-refractivity contribution in [3.8, 4) is 0 Å². The van der Waals surface area contributed by atoms with Crippen LogP contribution in [0, 0.1) is 6.92 Å². The van der Waals surface area contributed by atoms with Crippen molar-refractivity contribution in [1.82, 2.24) is 5.32 Å². The number of rotatable bonds is 5. The minimum Gasteiger partial charge on any atom is -0.480 e. The third kappa shape index (κ3) is 3.80. The number of carboxylic acid groups (broad SMARTS) is 1. The number of carbonyl (C=O) groups is 2. The summed E-state index contributed by atoms with van der Waals surface area (Å²) in [5.74, 6) is -1.37. The lowest BCUT2D eigenvalue weighted by Crippen LogP contribution is -2.52. The number of carboxylic acids is 1. The highest BCUT2D eigenvalue weighted by atomic mass is 79.9. The van der Waals surface area contributed by atoms with Gasteiger partial charge in [0.2, 0.25) is 0 Å². The van der Waals surface area contributed by atoms with Crippen LogP contribution in [-0.2, 0) is 4.79 Å². The second-order valence-corrected chi connectivity index (χ2v) is 5.72. The molecule has 1 unspecified atom stereocenters. The predicted molar refractivity (Wildman–Crippen MR) is 77.3 cm³/mol. The van der Waals surface area contributed by atoms with Crippen LogP contribution in [0.25, 0.3) is 0 Å². The smallest absolute Gasteiger partial charge is 0.329 e. The maximum absolute atomic E-state index is 12.2. The average molecular weight is 328 g/mol. The summed E-state index contributed by atoms with van der Waals surface area (Å²) in [5.41, 5.74) is 0.0635. The molecule has 0 heterocycles. The van der Waals surface area contributed by atoms with Crippen LogP contribution in [0.3, 0.4) is 0 Å². The van der Waals surface area contributed by atoms with Crippen LogP contribution in [0.5, 0.6) is 0 Å². The van der Waals surface area contributed by atoms with E-state index >= 15 is 0 Å². The summed E-state index contributed by atoms with van der Waals surface area (Å²) >= 11 is 3.33. The van der Waals surface area contributed by atoms with Gasteiger partial charge in [-0.15, -0.1) is 0 Å². The molecule has 1 amide bonds. The van der Waals surface area contributed by atoms with Crippen LogP contribution < -0.4 is 5.32 Å². The van der Waals surface area contributed by atoms with Crippen LogP contribution in [-0.4, -0.2) is 22.5 Å². The molecule has 0 aliphatic rings. The Morgan fingerprint density at radius 3 is 2.53 bits per heavy atom. The second kappa shape index (κ2) is 6.19. The van der Waals surface area contributed by atoms with E-state index in [0.29, 0.717) is 18.4 Å². The maximum atomic E-state index is 12.2. The highest BCUT2D eigenvalue weighted by Crippen LogP contribution is 2.18. The van der Waals surface area contributed by atoms with E-state index in [2.05, 4.69) is 21.2 Å². The molecule has 0 saturated carbocycles. The number of halogens is 1. The highest BCUT2D eigenvalue weighted by Gasteiger charge is 2.34.